The quantitative estimate of drug-likeness (QED) is 0.648. The lowest BCUT2D eigenvalue weighted by Gasteiger charge is -2.18. The third-order valence-electron chi connectivity index (χ3n) is 2.90. The number of carbonyl (C=O) groups excluding carboxylic acids is 1. The van der Waals surface area contributed by atoms with E-state index in [-0.39, 0.29) is 11.9 Å². The molecule has 2 atom stereocenters. The van der Waals surface area contributed by atoms with Crippen LogP contribution in [0.4, 0.5) is 0 Å². The van der Waals surface area contributed by atoms with Crippen LogP contribution in [0.1, 0.15) is 46.5 Å². The Labute approximate surface area is 94.0 Å². The van der Waals surface area contributed by atoms with Crippen molar-refractivity contribution in [2.45, 2.75) is 52.5 Å². The highest BCUT2D eigenvalue weighted by Crippen LogP contribution is 2.11. The van der Waals surface area contributed by atoms with Crippen LogP contribution in [-0.4, -0.2) is 25.5 Å². The van der Waals surface area contributed by atoms with E-state index < -0.39 is 0 Å². The summed E-state index contributed by atoms with van der Waals surface area (Å²) in [7, 11) is 1.68. The van der Waals surface area contributed by atoms with E-state index in [2.05, 4.69) is 24.5 Å². The Morgan fingerprint density at radius 1 is 1.33 bits per heavy atom. The molecule has 3 heteroatoms. The normalized spacial score (nSPS) is 14.7. The summed E-state index contributed by atoms with van der Waals surface area (Å²) >= 11 is 0. The summed E-state index contributed by atoms with van der Waals surface area (Å²) in [4.78, 5) is 11.3. The maximum Gasteiger partial charge on any atom is 0.236 e. The van der Waals surface area contributed by atoms with E-state index in [0.717, 1.165) is 6.54 Å². The molecule has 0 aliphatic carbocycles. The van der Waals surface area contributed by atoms with Gasteiger partial charge in [-0.1, -0.05) is 33.1 Å². The number of rotatable bonds is 8. The summed E-state index contributed by atoms with van der Waals surface area (Å²) in [6.07, 6.45) is 4.99. The maximum absolute atomic E-state index is 11.3. The SMILES string of the molecule is CCCCC(CC)CNC(C)C(=O)NC. The van der Waals surface area contributed by atoms with Gasteiger partial charge in [0.1, 0.15) is 0 Å². The first kappa shape index (κ1) is 14.4. The lowest BCUT2D eigenvalue weighted by molar-refractivity contribution is -0.122. The van der Waals surface area contributed by atoms with Crippen LogP contribution in [-0.2, 0) is 4.79 Å². The van der Waals surface area contributed by atoms with Gasteiger partial charge < -0.3 is 10.6 Å². The second kappa shape index (κ2) is 8.72. The van der Waals surface area contributed by atoms with E-state index in [9.17, 15) is 4.79 Å². The van der Waals surface area contributed by atoms with Crippen molar-refractivity contribution in [3.8, 4) is 0 Å². The number of amides is 1. The molecule has 0 aromatic heterocycles. The van der Waals surface area contributed by atoms with Crippen molar-refractivity contribution >= 4 is 5.91 Å². The molecule has 3 nitrogen and oxygen atoms in total. The highest BCUT2D eigenvalue weighted by Gasteiger charge is 2.12. The molecule has 2 N–H and O–H groups in total. The van der Waals surface area contributed by atoms with Crippen molar-refractivity contribution in [2.75, 3.05) is 13.6 Å². The van der Waals surface area contributed by atoms with E-state index in [4.69, 9.17) is 0 Å². The lowest BCUT2D eigenvalue weighted by Crippen LogP contribution is -2.42. The van der Waals surface area contributed by atoms with Gasteiger partial charge in [-0.3, -0.25) is 4.79 Å². The Morgan fingerprint density at radius 2 is 2.00 bits per heavy atom. The molecule has 0 radical (unpaired) electrons. The number of carbonyl (C=O) groups is 1. The molecule has 0 saturated carbocycles. The van der Waals surface area contributed by atoms with Gasteiger partial charge in [-0.2, -0.15) is 0 Å². The zero-order valence-electron chi connectivity index (χ0n) is 10.6. The van der Waals surface area contributed by atoms with Gasteiger partial charge in [-0.25, -0.2) is 0 Å². The molecule has 0 aliphatic rings. The molecule has 0 aromatic rings. The smallest absolute Gasteiger partial charge is 0.236 e. The van der Waals surface area contributed by atoms with Crippen LogP contribution in [0.2, 0.25) is 0 Å². The van der Waals surface area contributed by atoms with E-state index >= 15 is 0 Å². The fraction of sp³-hybridized carbons (Fsp3) is 0.917. The molecule has 0 saturated heterocycles. The average molecular weight is 214 g/mol. The minimum atomic E-state index is -0.0781. The van der Waals surface area contributed by atoms with Crippen molar-refractivity contribution in [2.24, 2.45) is 5.92 Å². The average Bonchev–Trinajstić information content (AvgIpc) is 2.27. The molecule has 0 aromatic carbocycles. The monoisotopic (exact) mass is 214 g/mol. The molecular formula is C12H26N2O. The second-order valence-electron chi connectivity index (χ2n) is 4.16. The molecule has 0 bridgehead atoms. The highest BCUT2D eigenvalue weighted by molar-refractivity contribution is 5.80. The van der Waals surface area contributed by atoms with Gasteiger partial charge in [-0.05, 0) is 25.8 Å². The number of likely N-dealkylation sites (N-methyl/N-ethyl adjacent to an activating group) is 1. The zero-order chi connectivity index (χ0) is 11.7. The molecule has 0 rings (SSSR count). The van der Waals surface area contributed by atoms with Crippen LogP contribution in [0.15, 0.2) is 0 Å². The van der Waals surface area contributed by atoms with Gasteiger partial charge >= 0.3 is 0 Å². The predicted octanol–water partition coefficient (Wildman–Crippen LogP) is 1.93. The largest absolute Gasteiger partial charge is 0.358 e. The highest BCUT2D eigenvalue weighted by atomic mass is 16.2. The van der Waals surface area contributed by atoms with Crippen molar-refractivity contribution < 1.29 is 4.79 Å². The van der Waals surface area contributed by atoms with Crippen LogP contribution in [0.5, 0.6) is 0 Å². The van der Waals surface area contributed by atoms with Crippen molar-refractivity contribution in [3.05, 3.63) is 0 Å². The molecule has 0 spiro atoms. The fourth-order valence-corrected chi connectivity index (χ4v) is 1.60. The van der Waals surface area contributed by atoms with Crippen molar-refractivity contribution in [1.82, 2.24) is 10.6 Å². The number of nitrogens with one attached hydrogen (secondary N) is 2. The Morgan fingerprint density at radius 3 is 2.47 bits per heavy atom. The summed E-state index contributed by atoms with van der Waals surface area (Å²) < 4.78 is 0. The number of hydrogen-bond acceptors (Lipinski definition) is 2. The Balaban J connectivity index is 3.74. The molecule has 0 aliphatic heterocycles. The molecule has 90 valence electrons. The van der Waals surface area contributed by atoms with Gasteiger partial charge in [-0.15, -0.1) is 0 Å². The summed E-state index contributed by atoms with van der Waals surface area (Å²) in [6, 6.07) is -0.0781. The Kier molecular flexibility index (Phi) is 8.38. The summed E-state index contributed by atoms with van der Waals surface area (Å²) in [5.74, 6) is 0.775. The lowest BCUT2D eigenvalue weighted by atomic mass is 9.99. The Bertz CT molecular complexity index is 171. The molecule has 0 heterocycles. The second-order valence-corrected chi connectivity index (χ2v) is 4.16. The van der Waals surface area contributed by atoms with Gasteiger partial charge in [0, 0.05) is 7.05 Å². The maximum atomic E-state index is 11.3. The first-order valence-corrected chi connectivity index (χ1v) is 6.10. The summed E-state index contributed by atoms with van der Waals surface area (Å²) in [5.41, 5.74) is 0. The summed E-state index contributed by atoms with van der Waals surface area (Å²) in [6.45, 7) is 7.29. The molecule has 0 fully saturated rings. The number of hydrogen-bond donors (Lipinski definition) is 2. The minimum Gasteiger partial charge on any atom is -0.358 e. The first-order valence-electron chi connectivity index (χ1n) is 6.10. The van der Waals surface area contributed by atoms with Gasteiger partial charge in [0.25, 0.3) is 0 Å². The van der Waals surface area contributed by atoms with Crippen LogP contribution in [0.25, 0.3) is 0 Å². The van der Waals surface area contributed by atoms with Crippen LogP contribution >= 0.6 is 0 Å². The third kappa shape index (κ3) is 6.50. The van der Waals surface area contributed by atoms with Gasteiger partial charge in [0.2, 0.25) is 5.91 Å². The molecule has 15 heavy (non-hydrogen) atoms. The van der Waals surface area contributed by atoms with Crippen LogP contribution in [0.3, 0.4) is 0 Å². The van der Waals surface area contributed by atoms with Crippen molar-refractivity contribution in [1.29, 1.82) is 0 Å². The molecule has 2 unspecified atom stereocenters. The Hall–Kier alpha value is -0.570. The zero-order valence-corrected chi connectivity index (χ0v) is 10.6. The van der Waals surface area contributed by atoms with E-state index in [1.807, 2.05) is 6.92 Å². The van der Waals surface area contributed by atoms with Crippen molar-refractivity contribution in [3.63, 3.8) is 0 Å². The van der Waals surface area contributed by atoms with Crippen LogP contribution in [0, 0.1) is 5.92 Å². The predicted molar refractivity (Wildman–Crippen MR) is 64.8 cm³/mol. The van der Waals surface area contributed by atoms with E-state index in [0.29, 0.717) is 5.92 Å². The van der Waals surface area contributed by atoms with E-state index in [1.165, 1.54) is 25.7 Å². The van der Waals surface area contributed by atoms with E-state index in [1.54, 1.807) is 7.05 Å². The van der Waals surface area contributed by atoms with Gasteiger partial charge in [0.05, 0.1) is 6.04 Å². The summed E-state index contributed by atoms with van der Waals surface area (Å²) in [5, 5.41) is 5.93. The van der Waals surface area contributed by atoms with Gasteiger partial charge in [0.15, 0.2) is 0 Å². The minimum absolute atomic E-state index is 0.0698. The first-order chi connectivity index (χ1) is 7.15. The van der Waals surface area contributed by atoms with Crippen LogP contribution < -0.4 is 10.6 Å². The molecular weight excluding hydrogens is 188 g/mol. The molecule has 1 amide bonds. The number of unbranched alkanes of at least 4 members (excludes halogenated alkanes) is 1. The standard InChI is InChI=1S/C12H26N2O/c1-5-7-8-11(6-2)9-14-10(3)12(15)13-4/h10-11,14H,5-9H2,1-4H3,(H,13,15). The fourth-order valence-electron chi connectivity index (χ4n) is 1.60. The third-order valence-corrected chi connectivity index (χ3v) is 2.90. The topological polar surface area (TPSA) is 41.1 Å².